The van der Waals surface area contributed by atoms with Crippen molar-refractivity contribution in [1.82, 2.24) is 9.80 Å². The molecule has 164 valence electrons. The lowest BCUT2D eigenvalue weighted by atomic mass is 10.1. The second kappa shape index (κ2) is 11.3. The Morgan fingerprint density at radius 1 is 0.774 bits per heavy atom. The van der Waals surface area contributed by atoms with E-state index in [2.05, 4.69) is 0 Å². The van der Waals surface area contributed by atoms with Gasteiger partial charge in [0.2, 0.25) is 11.8 Å². The number of ketones is 1. The molecule has 0 aromatic heterocycles. The lowest BCUT2D eigenvalue weighted by Gasteiger charge is -2.22. The molecule has 6 heteroatoms. The van der Waals surface area contributed by atoms with Gasteiger partial charge in [0.1, 0.15) is 5.75 Å². The summed E-state index contributed by atoms with van der Waals surface area (Å²) in [6, 6.07) is 16.8. The SMILES string of the molecule is COc1ccc(CCC(=O)N2CCCN(C(=O)CCC(=O)c3ccccc3)CC2)cc1. The summed E-state index contributed by atoms with van der Waals surface area (Å²) in [5.74, 6) is 0.887. The Morgan fingerprint density at radius 2 is 1.39 bits per heavy atom. The fourth-order valence-corrected chi connectivity index (χ4v) is 3.76. The van der Waals surface area contributed by atoms with E-state index in [1.54, 1.807) is 24.1 Å². The Hall–Kier alpha value is -3.15. The zero-order valence-electron chi connectivity index (χ0n) is 18.1. The Morgan fingerprint density at radius 3 is 2.00 bits per heavy atom. The number of amides is 2. The largest absolute Gasteiger partial charge is 0.497 e. The Kier molecular flexibility index (Phi) is 8.21. The maximum absolute atomic E-state index is 12.6. The van der Waals surface area contributed by atoms with Crippen molar-refractivity contribution in [2.45, 2.75) is 32.1 Å². The molecule has 31 heavy (non-hydrogen) atoms. The highest BCUT2D eigenvalue weighted by molar-refractivity contribution is 5.97. The number of hydrogen-bond donors (Lipinski definition) is 0. The molecule has 1 aliphatic heterocycles. The van der Waals surface area contributed by atoms with Crippen LogP contribution in [0.2, 0.25) is 0 Å². The minimum Gasteiger partial charge on any atom is -0.497 e. The maximum Gasteiger partial charge on any atom is 0.223 e. The zero-order chi connectivity index (χ0) is 22.1. The van der Waals surface area contributed by atoms with Crippen LogP contribution in [0.1, 0.15) is 41.6 Å². The number of nitrogens with zero attached hydrogens (tertiary/aromatic N) is 2. The lowest BCUT2D eigenvalue weighted by Crippen LogP contribution is -2.37. The number of carbonyl (C=O) groups is 3. The Balaban J connectivity index is 1.42. The van der Waals surface area contributed by atoms with E-state index in [-0.39, 0.29) is 30.4 Å². The number of ether oxygens (including phenoxy) is 1. The molecule has 0 unspecified atom stereocenters. The molecular weight excluding hydrogens is 392 g/mol. The fourth-order valence-electron chi connectivity index (χ4n) is 3.76. The lowest BCUT2D eigenvalue weighted by molar-refractivity contribution is -0.133. The van der Waals surface area contributed by atoms with Gasteiger partial charge in [0.15, 0.2) is 5.78 Å². The summed E-state index contributed by atoms with van der Waals surface area (Å²) in [7, 11) is 1.63. The average Bonchev–Trinajstić information content (AvgIpc) is 3.08. The third-order valence-corrected chi connectivity index (χ3v) is 5.65. The van der Waals surface area contributed by atoms with Crippen LogP contribution in [0.3, 0.4) is 0 Å². The van der Waals surface area contributed by atoms with E-state index in [0.29, 0.717) is 44.6 Å². The van der Waals surface area contributed by atoms with Gasteiger partial charge in [-0.2, -0.15) is 0 Å². The Bertz CT molecular complexity index is 880. The highest BCUT2D eigenvalue weighted by Gasteiger charge is 2.22. The second-order valence-corrected chi connectivity index (χ2v) is 7.75. The summed E-state index contributed by atoms with van der Waals surface area (Å²) < 4.78 is 5.16. The standard InChI is InChI=1S/C25H30N2O4/c1-31-22-11-8-20(9-12-22)10-14-24(29)26-16-5-17-27(19-18-26)25(30)15-13-23(28)21-6-3-2-4-7-21/h2-4,6-9,11-12H,5,10,13-19H2,1H3. The van der Waals surface area contributed by atoms with Crippen molar-refractivity contribution in [1.29, 1.82) is 0 Å². The number of Topliss-reactive ketones (excluding diaryl/α,β-unsaturated/α-hetero) is 1. The third-order valence-electron chi connectivity index (χ3n) is 5.65. The molecule has 1 fully saturated rings. The van der Waals surface area contributed by atoms with Crippen LogP contribution >= 0.6 is 0 Å². The summed E-state index contributed by atoms with van der Waals surface area (Å²) in [4.78, 5) is 41.1. The average molecular weight is 423 g/mol. The summed E-state index contributed by atoms with van der Waals surface area (Å²) in [6.07, 6.45) is 2.31. The normalized spacial score (nSPS) is 14.1. The van der Waals surface area contributed by atoms with Crippen LogP contribution in [-0.2, 0) is 16.0 Å². The molecule has 1 aliphatic rings. The molecule has 0 N–H and O–H groups in total. The zero-order valence-corrected chi connectivity index (χ0v) is 18.1. The van der Waals surface area contributed by atoms with Crippen molar-refractivity contribution in [2.75, 3.05) is 33.3 Å². The number of hydrogen-bond acceptors (Lipinski definition) is 4. The second-order valence-electron chi connectivity index (χ2n) is 7.75. The third kappa shape index (κ3) is 6.67. The number of benzene rings is 2. The molecule has 2 amide bonds. The van der Waals surface area contributed by atoms with Crippen LogP contribution in [0.25, 0.3) is 0 Å². The highest BCUT2D eigenvalue weighted by Crippen LogP contribution is 2.14. The van der Waals surface area contributed by atoms with Crippen molar-refractivity contribution < 1.29 is 19.1 Å². The van der Waals surface area contributed by atoms with E-state index in [9.17, 15) is 14.4 Å². The predicted molar refractivity (Wildman–Crippen MR) is 119 cm³/mol. The smallest absolute Gasteiger partial charge is 0.223 e. The van der Waals surface area contributed by atoms with Gasteiger partial charge in [-0.1, -0.05) is 42.5 Å². The molecule has 0 radical (unpaired) electrons. The van der Waals surface area contributed by atoms with Gasteiger partial charge in [0, 0.05) is 51.0 Å². The van der Waals surface area contributed by atoms with Crippen LogP contribution in [0, 0.1) is 0 Å². The van der Waals surface area contributed by atoms with Crippen molar-refractivity contribution in [2.24, 2.45) is 0 Å². The van der Waals surface area contributed by atoms with Gasteiger partial charge in [-0.3, -0.25) is 14.4 Å². The molecule has 0 bridgehead atoms. The molecule has 0 spiro atoms. The molecule has 3 rings (SSSR count). The van der Waals surface area contributed by atoms with Gasteiger partial charge in [-0.05, 0) is 30.5 Å². The summed E-state index contributed by atoms with van der Waals surface area (Å²) in [6.45, 7) is 2.35. The Labute approximate surface area is 183 Å². The summed E-state index contributed by atoms with van der Waals surface area (Å²) >= 11 is 0. The van der Waals surface area contributed by atoms with Gasteiger partial charge >= 0.3 is 0 Å². The number of carbonyl (C=O) groups excluding carboxylic acids is 3. The van der Waals surface area contributed by atoms with E-state index in [4.69, 9.17) is 4.74 Å². The van der Waals surface area contributed by atoms with E-state index in [1.165, 1.54) is 0 Å². The van der Waals surface area contributed by atoms with Gasteiger partial charge in [-0.15, -0.1) is 0 Å². The topological polar surface area (TPSA) is 66.9 Å². The van der Waals surface area contributed by atoms with Gasteiger partial charge < -0.3 is 14.5 Å². The van der Waals surface area contributed by atoms with Crippen LogP contribution in [0.5, 0.6) is 5.75 Å². The van der Waals surface area contributed by atoms with Crippen molar-refractivity contribution >= 4 is 17.6 Å². The van der Waals surface area contributed by atoms with E-state index < -0.39 is 0 Å². The molecule has 1 saturated heterocycles. The van der Waals surface area contributed by atoms with Crippen LogP contribution in [-0.4, -0.2) is 60.7 Å². The van der Waals surface area contributed by atoms with Crippen LogP contribution < -0.4 is 4.74 Å². The number of aryl methyl sites for hydroxylation is 1. The molecule has 0 aliphatic carbocycles. The van der Waals surface area contributed by atoms with Crippen LogP contribution in [0.4, 0.5) is 0 Å². The van der Waals surface area contributed by atoms with E-state index in [1.807, 2.05) is 47.4 Å². The molecule has 0 saturated carbocycles. The number of rotatable bonds is 8. The monoisotopic (exact) mass is 422 g/mol. The van der Waals surface area contributed by atoms with E-state index >= 15 is 0 Å². The number of methoxy groups -OCH3 is 1. The molecular formula is C25H30N2O4. The summed E-state index contributed by atoms with van der Waals surface area (Å²) in [5, 5.41) is 0. The van der Waals surface area contributed by atoms with Gasteiger partial charge in [0.25, 0.3) is 0 Å². The first-order valence-corrected chi connectivity index (χ1v) is 10.8. The first-order valence-electron chi connectivity index (χ1n) is 10.8. The molecule has 0 atom stereocenters. The molecule has 6 nitrogen and oxygen atoms in total. The minimum absolute atomic E-state index is 0.0147. The van der Waals surface area contributed by atoms with Gasteiger partial charge in [0.05, 0.1) is 7.11 Å². The van der Waals surface area contributed by atoms with Gasteiger partial charge in [-0.25, -0.2) is 0 Å². The predicted octanol–water partition coefficient (Wildman–Crippen LogP) is 3.35. The molecule has 2 aromatic carbocycles. The first kappa shape index (κ1) is 22.5. The highest BCUT2D eigenvalue weighted by atomic mass is 16.5. The maximum atomic E-state index is 12.6. The fraction of sp³-hybridized carbons (Fsp3) is 0.400. The summed E-state index contributed by atoms with van der Waals surface area (Å²) in [5.41, 5.74) is 1.74. The van der Waals surface area contributed by atoms with E-state index in [0.717, 1.165) is 17.7 Å². The minimum atomic E-state index is -0.0168. The molecule has 1 heterocycles. The van der Waals surface area contributed by atoms with Crippen LogP contribution in [0.15, 0.2) is 54.6 Å². The van der Waals surface area contributed by atoms with Crippen molar-refractivity contribution in [3.05, 3.63) is 65.7 Å². The van der Waals surface area contributed by atoms with Crippen molar-refractivity contribution in [3.8, 4) is 5.75 Å². The molecule has 2 aromatic rings. The quantitative estimate of drug-likeness (QED) is 0.612. The van der Waals surface area contributed by atoms with Crippen molar-refractivity contribution in [3.63, 3.8) is 0 Å². The first-order chi connectivity index (χ1) is 15.1.